The summed E-state index contributed by atoms with van der Waals surface area (Å²) >= 11 is 0. The lowest BCUT2D eigenvalue weighted by molar-refractivity contribution is 0.0940. The summed E-state index contributed by atoms with van der Waals surface area (Å²) in [5.74, 6) is 2.50. The van der Waals surface area contributed by atoms with Crippen molar-refractivity contribution in [3.63, 3.8) is 0 Å². The molecule has 0 aliphatic rings. The molecule has 1 unspecified atom stereocenters. The van der Waals surface area contributed by atoms with E-state index in [1.807, 2.05) is 38.1 Å². The highest BCUT2D eigenvalue weighted by Gasteiger charge is 2.11. The van der Waals surface area contributed by atoms with Crippen LogP contribution in [0.2, 0.25) is 0 Å². The van der Waals surface area contributed by atoms with Gasteiger partial charge in [0.05, 0.1) is 0 Å². The number of carbonyl (C=O) groups excluding carboxylic acids is 1. The van der Waals surface area contributed by atoms with Gasteiger partial charge in [-0.3, -0.25) is 4.79 Å². The van der Waals surface area contributed by atoms with Crippen molar-refractivity contribution in [1.82, 2.24) is 5.32 Å². The molecule has 1 amide bonds. The van der Waals surface area contributed by atoms with Crippen LogP contribution in [0.4, 0.5) is 0 Å². The summed E-state index contributed by atoms with van der Waals surface area (Å²) in [5.41, 5.74) is 1.81. The number of terminal acetylenes is 1. The molecule has 1 aromatic carbocycles. The lowest BCUT2D eigenvalue weighted by Gasteiger charge is -2.12. The first-order valence-corrected chi connectivity index (χ1v) is 5.51. The minimum atomic E-state index is -0.0415. The summed E-state index contributed by atoms with van der Waals surface area (Å²) in [4.78, 5) is 11.9. The minimum absolute atomic E-state index is 0.0161. The van der Waals surface area contributed by atoms with E-state index in [1.54, 1.807) is 0 Å². The van der Waals surface area contributed by atoms with Gasteiger partial charge >= 0.3 is 0 Å². The summed E-state index contributed by atoms with van der Waals surface area (Å²) in [6.45, 7) is 3.95. The molecular formula is C14H17NO. The molecule has 2 heteroatoms. The quantitative estimate of drug-likeness (QED) is 0.768. The molecule has 0 spiro atoms. The van der Waals surface area contributed by atoms with Crippen LogP contribution < -0.4 is 5.32 Å². The zero-order valence-corrected chi connectivity index (χ0v) is 9.79. The highest BCUT2D eigenvalue weighted by atomic mass is 16.1. The van der Waals surface area contributed by atoms with E-state index in [9.17, 15) is 4.79 Å². The van der Waals surface area contributed by atoms with Crippen LogP contribution in [0.15, 0.2) is 24.3 Å². The maximum Gasteiger partial charge on any atom is 0.251 e. The number of hydrogen-bond donors (Lipinski definition) is 1. The number of rotatable bonds is 4. The van der Waals surface area contributed by atoms with Gasteiger partial charge in [-0.2, -0.15) is 0 Å². The van der Waals surface area contributed by atoms with E-state index in [-0.39, 0.29) is 11.9 Å². The van der Waals surface area contributed by atoms with E-state index < -0.39 is 0 Å². The van der Waals surface area contributed by atoms with Crippen LogP contribution in [-0.2, 0) is 6.42 Å². The fraction of sp³-hybridized carbons (Fsp3) is 0.357. The summed E-state index contributed by atoms with van der Waals surface area (Å²) in [5, 5.41) is 2.89. The number of benzene rings is 1. The van der Waals surface area contributed by atoms with Gasteiger partial charge in [-0.1, -0.05) is 25.1 Å². The third-order valence-electron chi connectivity index (χ3n) is 2.44. The summed E-state index contributed by atoms with van der Waals surface area (Å²) in [6, 6.07) is 7.65. The van der Waals surface area contributed by atoms with Crippen molar-refractivity contribution in [3.05, 3.63) is 35.4 Å². The molecule has 84 valence electrons. The molecule has 2 nitrogen and oxygen atoms in total. The molecule has 16 heavy (non-hydrogen) atoms. The van der Waals surface area contributed by atoms with E-state index in [4.69, 9.17) is 6.42 Å². The Labute approximate surface area is 97.1 Å². The SMILES string of the molecule is C#CCC(C)NC(=O)c1ccccc1CC. The Morgan fingerprint density at radius 2 is 2.19 bits per heavy atom. The number of carbonyl (C=O) groups is 1. The molecule has 0 heterocycles. The first-order chi connectivity index (χ1) is 7.69. The Hall–Kier alpha value is -1.75. The predicted octanol–water partition coefficient (Wildman–Crippen LogP) is 2.39. The first-order valence-electron chi connectivity index (χ1n) is 5.51. The van der Waals surface area contributed by atoms with Crippen molar-refractivity contribution in [1.29, 1.82) is 0 Å². The van der Waals surface area contributed by atoms with Crippen molar-refractivity contribution in [2.24, 2.45) is 0 Å². The van der Waals surface area contributed by atoms with Crippen LogP contribution in [0.1, 0.15) is 36.2 Å². The minimum Gasteiger partial charge on any atom is -0.349 e. The number of amides is 1. The van der Waals surface area contributed by atoms with Gasteiger partial charge in [-0.05, 0) is 25.0 Å². The van der Waals surface area contributed by atoms with Crippen molar-refractivity contribution >= 4 is 5.91 Å². The molecule has 0 aliphatic carbocycles. The summed E-state index contributed by atoms with van der Waals surface area (Å²) < 4.78 is 0. The van der Waals surface area contributed by atoms with Gasteiger partial charge in [0.2, 0.25) is 0 Å². The molecule has 0 saturated carbocycles. The van der Waals surface area contributed by atoms with Crippen molar-refractivity contribution in [2.75, 3.05) is 0 Å². The molecule has 0 radical (unpaired) electrons. The number of aryl methyl sites for hydroxylation is 1. The smallest absolute Gasteiger partial charge is 0.251 e. The Balaban J connectivity index is 2.77. The zero-order chi connectivity index (χ0) is 12.0. The zero-order valence-electron chi connectivity index (χ0n) is 9.79. The van der Waals surface area contributed by atoms with Gasteiger partial charge in [-0.25, -0.2) is 0 Å². The van der Waals surface area contributed by atoms with E-state index in [0.29, 0.717) is 6.42 Å². The van der Waals surface area contributed by atoms with Crippen molar-refractivity contribution < 1.29 is 4.79 Å². The Bertz CT molecular complexity index is 403. The van der Waals surface area contributed by atoms with Crippen molar-refractivity contribution in [2.45, 2.75) is 32.7 Å². The number of hydrogen-bond acceptors (Lipinski definition) is 1. The van der Waals surface area contributed by atoms with Crippen molar-refractivity contribution in [3.8, 4) is 12.3 Å². The topological polar surface area (TPSA) is 29.1 Å². The summed E-state index contributed by atoms with van der Waals surface area (Å²) in [7, 11) is 0. The molecule has 1 rings (SSSR count). The van der Waals surface area contributed by atoms with Crippen LogP contribution in [0.5, 0.6) is 0 Å². The third-order valence-corrected chi connectivity index (χ3v) is 2.44. The first kappa shape index (κ1) is 12.3. The fourth-order valence-corrected chi connectivity index (χ4v) is 1.58. The largest absolute Gasteiger partial charge is 0.349 e. The van der Waals surface area contributed by atoms with Gasteiger partial charge in [0.1, 0.15) is 0 Å². The van der Waals surface area contributed by atoms with E-state index in [1.165, 1.54) is 0 Å². The van der Waals surface area contributed by atoms with Gasteiger partial charge in [-0.15, -0.1) is 12.3 Å². The highest BCUT2D eigenvalue weighted by Crippen LogP contribution is 2.09. The maximum atomic E-state index is 11.9. The predicted molar refractivity (Wildman–Crippen MR) is 66.2 cm³/mol. The van der Waals surface area contributed by atoms with Crippen LogP contribution in [0.3, 0.4) is 0 Å². The van der Waals surface area contributed by atoms with E-state index >= 15 is 0 Å². The molecule has 0 saturated heterocycles. The van der Waals surface area contributed by atoms with Crippen LogP contribution in [0.25, 0.3) is 0 Å². The van der Waals surface area contributed by atoms with E-state index in [2.05, 4.69) is 11.2 Å². The summed E-state index contributed by atoms with van der Waals surface area (Å²) in [6.07, 6.45) is 6.61. The van der Waals surface area contributed by atoms with Gasteiger partial charge in [0.25, 0.3) is 5.91 Å². The second kappa shape index (κ2) is 5.97. The molecule has 0 fully saturated rings. The molecular weight excluding hydrogens is 198 g/mol. The Morgan fingerprint density at radius 3 is 2.81 bits per heavy atom. The molecule has 1 N–H and O–H groups in total. The van der Waals surface area contributed by atoms with Crippen LogP contribution >= 0.6 is 0 Å². The molecule has 1 aromatic rings. The van der Waals surface area contributed by atoms with Gasteiger partial charge in [0, 0.05) is 18.0 Å². The average Bonchev–Trinajstić information content (AvgIpc) is 2.29. The molecule has 0 aromatic heterocycles. The molecule has 0 bridgehead atoms. The Kier molecular flexibility index (Phi) is 4.60. The number of nitrogens with one attached hydrogen (secondary N) is 1. The normalized spacial score (nSPS) is 11.6. The van der Waals surface area contributed by atoms with E-state index in [0.717, 1.165) is 17.5 Å². The van der Waals surface area contributed by atoms with Crippen LogP contribution in [0, 0.1) is 12.3 Å². The lowest BCUT2D eigenvalue weighted by atomic mass is 10.0. The second-order valence-electron chi connectivity index (χ2n) is 3.79. The maximum absolute atomic E-state index is 11.9. The standard InChI is InChI=1S/C14H17NO/c1-4-8-11(3)15-14(16)13-10-7-6-9-12(13)5-2/h1,6-7,9-11H,5,8H2,2-3H3,(H,15,16). The second-order valence-corrected chi connectivity index (χ2v) is 3.79. The average molecular weight is 215 g/mol. The van der Waals surface area contributed by atoms with Gasteiger partial charge in [0.15, 0.2) is 0 Å². The highest BCUT2D eigenvalue weighted by molar-refractivity contribution is 5.95. The van der Waals surface area contributed by atoms with Crippen LogP contribution in [-0.4, -0.2) is 11.9 Å². The molecule has 1 atom stereocenters. The van der Waals surface area contributed by atoms with Gasteiger partial charge < -0.3 is 5.32 Å². The third kappa shape index (κ3) is 3.13. The Morgan fingerprint density at radius 1 is 1.50 bits per heavy atom. The molecule has 0 aliphatic heterocycles. The lowest BCUT2D eigenvalue weighted by Crippen LogP contribution is -2.32. The monoisotopic (exact) mass is 215 g/mol. The fourth-order valence-electron chi connectivity index (χ4n) is 1.58.